The molecule has 1 aliphatic rings. The molecule has 0 unspecified atom stereocenters. The van der Waals surface area contributed by atoms with Crippen LogP contribution >= 0.6 is 0 Å². The summed E-state index contributed by atoms with van der Waals surface area (Å²) in [5.74, 6) is -0.495. The Morgan fingerprint density at radius 2 is 1.95 bits per heavy atom. The van der Waals surface area contributed by atoms with Crippen LogP contribution < -0.4 is 4.90 Å². The lowest BCUT2D eigenvalue weighted by Crippen LogP contribution is -2.36. The van der Waals surface area contributed by atoms with Crippen molar-refractivity contribution >= 4 is 17.9 Å². The lowest BCUT2D eigenvalue weighted by molar-refractivity contribution is 0.0697. The van der Waals surface area contributed by atoms with Crippen LogP contribution in [-0.2, 0) is 4.74 Å². The van der Waals surface area contributed by atoms with Crippen molar-refractivity contribution in [2.24, 2.45) is 0 Å². The van der Waals surface area contributed by atoms with E-state index in [0.29, 0.717) is 30.8 Å². The Labute approximate surface area is 126 Å². The Kier molecular flexibility index (Phi) is 3.93. The van der Waals surface area contributed by atoms with Gasteiger partial charge < -0.3 is 19.2 Å². The first kappa shape index (κ1) is 14.3. The molecule has 6 heteroatoms. The number of hydrogen-bond donors (Lipinski definition) is 1. The summed E-state index contributed by atoms with van der Waals surface area (Å²) < 4.78 is 10.7. The van der Waals surface area contributed by atoms with Gasteiger partial charge in [-0.2, -0.15) is 0 Å². The van der Waals surface area contributed by atoms with E-state index >= 15 is 0 Å². The zero-order valence-corrected chi connectivity index (χ0v) is 11.8. The highest BCUT2D eigenvalue weighted by Gasteiger charge is 2.18. The number of anilines is 1. The van der Waals surface area contributed by atoms with Gasteiger partial charge in [-0.25, -0.2) is 4.79 Å². The Morgan fingerprint density at radius 3 is 2.59 bits per heavy atom. The summed E-state index contributed by atoms with van der Waals surface area (Å²) in [5.41, 5.74) is 1.51. The number of carboxylic acids is 1. The standard InChI is InChI=1S/C16H15NO5/c18-10-12-2-4-15(22-12)14-9-11(1-3-13(14)16(19)20)17-5-7-21-8-6-17/h1-4,9-10H,5-8H2,(H,19,20). The average molecular weight is 301 g/mol. The van der Waals surface area contributed by atoms with Crippen LogP contribution in [0.1, 0.15) is 20.9 Å². The number of rotatable bonds is 4. The number of aromatic carboxylic acids is 1. The third kappa shape index (κ3) is 2.73. The summed E-state index contributed by atoms with van der Waals surface area (Å²) in [6.07, 6.45) is 0.593. The van der Waals surface area contributed by atoms with E-state index in [0.717, 1.165) is 18.8 Å². The van der Waals surface area contributed by atoms with E-state index in [1.807, 2.05) is 0 Å². The maximum absolute atomic E-state index is 11.4. The topological polar surface area (TPSA) is 80.0 Å². The first-order valence-electron chi connectivity index (χ1n) is 6.94. The van der Waals surface area contributed by atoms with Crippen LogP contribution in [0.3, 0.4) is 0 Å². The molecule has 0 saturated carbocycles. The predicted octanol–water partition coefficient (Wildman–Crippen LogP) is 2.29. The van der Waals surface area contributed by atoms with Crippen LogP contribution in [0.2, 0.25) is 0 Å². The van der Waals surface area contributed by atoms with Gasteiger partial charge in [-0.3, -0.25) is 4.79 Å². The van der Waals surface area contributed by atoms with Crippen LogP contribution in [0.15, 0.2) is 34.7 Å². The van der Waals surface area contributed by atoms with Crippen molar-refractivity contribution in [2.45, 2.75) is 0 Å². The van der Waals surface area contributed by atoms with Crippen LogP contribution in [0.25, 0.3) is 11.3 Å². The molecule has 0 radical (unpaired) electrons. The molecule has 2 heterocycles. The summed E-state index contributed by atoms with van der Waals surface area (Å²) >= 11 is 0. The highest BCUT2D eigenvalue weighted by Crippen LogP contribution is 2.30. The molecule has 1 aromatic carbocycles. The maximum Gasteiger partial charge on any atom is 0.336 e. The van der Waals surface area contributed by atoms with Crippen molar-refractivity contribution in [1.29, 1.82) is 0 Å². The molecule has 2 aromatic rings. The van der Waals surface area contributed by atoms with Gasteiger partial charge in [0.15, 0.2) is 12.0 Å². The molecule has 22 heavy (non-hydrogen) atoms. The van der Waals surface area contributed by atoms with E-state index in [1.165, 1.54) is 6.07 Å². The zero-order valence-electron chi connectivity index (χ0n) is 11.8. The number of ether oxygens (including phenoxy) is 1. The molecule has 1 saturated heterocycles. The molecule has 0 aliphatic carbocycles. The summed E-state index contributed by atoms with van der Waals surface area (Å²) in [6, 6.07) is 8.25. The molecule has 1 N–H and O–H groups in total. The van der Waals surface area contributed by atoms with E-state index in [1.54, 1.807) is 24.3 Å². The molecular formula is C16H15NO5. The highest BCUT2D eigenvalue weighted by atomic mass is 16.5. The SMILES string of the molecule is O=Cc1ccc(-c2cc(N3CCOCC3)ccc2C(=O)O)o1. The Balaban J connectivity index is 2.03. The minimum Gasteiger partial charge on any atom is -0.478 e. The van der Waals surface area contributed by atoms with Gasteiger partial charge in [0.25, 0.3) is 0 Å². The lowest BCUT2D eigenvalue weighted by Gasteiger charge is -2.29. The fraction of sp³-hybridized carbons (Fsp3) is 0.250. The van der Waals surface area contributed by atoms with E-state index < -0.39 is 5.97 Å². The number of carboxylic acid groups (broad SMARTS) is 1. The molecular weight excluding hydrogens is 286 g/mol. The van der Waals surface area contributed by atoms with Gasteiger partial charge in [0.2, 0.25) is 0 Å². The van der Waals surface area contributed by atoms with Gasteiger partial charge in [0, 0.05) is 24.3 Å². The van der Waals surface area contributed by atoms with Crippen molar-refractivity contribution in [2.75, 3.05) is 31.2 Å². The van der Waals surface area contributed by atoms with E-state index in [2.05, 4.69) is 4.90 Å². The number of carbonyl (C=O) groups excluding carboxylic acids is 1. The van der Waals surface area contributed by atoms with E-state index in [-0.39, 0.29) is 11.3 Å². The van der Waals surface area contributed by atoms with Gasteiger partial charge >= 0.3 is 5.97 Å². The van der Waals surface area contributed by atoms with Crippen LogP contribution in [0.5, 0.6) is 0 Å². The van der Waals surface area contributed by atoms with Crippen LogP contribution in [0, 0.1) is 0 Å². The van der Waals surface area contributed by atoms with Crippen molar-refractivity contribution in [3.05, 3.63) is 41.7 Å². The van der Waals surface area contributed by atoms with Gasteiger partial charge in [0.1, 0.15) is 5.76 Å². The summed E-state index contributed by atoms with van der Waals surface area (Å²) in [6.45, 7) is 2.80. The molecule has 1 aromatic heterocycles. The van der Waals surface area contributed by atoms with E-state index in [4.69, 9.17) is 9.15 Å². The normalized spacial score (nSPS) is 14.8. The monoisotopic (exact) mass is 301 g/mol. The minimum absolute atomic E-state index is 0.142. The second-order valence-electron chi connectivity index (χ2n) is 4.95. The second kappa shape index (κ2) is 6.03. The van der Waals surface area contributed by atoms with Crippen LogP contribution in [0.4, 0.5) is 5.69 Å². The first-order chi connectivity index (χ1) is 10.7. The number of nitrogens with zero attached hydrogens (tertiary/aromatic N) is 1. The molecule has 6 nitrogen and oxygen atoms in total. The molecule has 0 bridgehead atoms. The summed E-state index contributed by atoms with van der Waals surface area (Å²) in [7, 11) is 0. The summed E-state index contributed by atoms with van der Waals surface area (Å²) in [4.78, 5) is 24.3. The number of aldehydes is 1. The molecule has 3 rings (SSSR count). The third-order valence-corrected chi connectivity index (χ3v) is 3.62. The number of furan rings is 1. The van der Waals surface area contributed by atoms with Gasteiger partial charge in [-0.15, -0.1) is 0 Å². The molecule has 0 amide bonds. The Bertz CT molecular complexity index is 700. The average Bonchev–Trinajstić information content (AvgIpc) is 3.04. The number of morpholine rings is 1. The summed E-state index contributed by atoms with van der Waals surface area (Å²) in [5, 5.41) is 9.35. The van der Waals surface area contributed by atoms with Crippen molar-refractivity contribution in [1.82, 2.24) is 0 Å². The van der Waals surface area contributed by atoms with Crippen molar-refractivity contribution in [3.8, 4) is 11.3 Å². The lowest BCUT2D eigenvalue weighted by atomic mass is 10.0. The second-order valence-corrected chi connectivity index (χ2v) is 4.95. The number of hydrogen-bond acceptors (Lipinski definition) is 5. The Hall–Kier alpha value is -2.60. The van der Waals surface area contributed by atoms with Gasteiger partial charge in [0.05, 0.1) is 18.8 Å². The fourth-order valence-electron chi connectivity index (χ4n) is 2.50. The zero-order chi connectivity index (χ0) is 15.5. The van der Waals surface area contributed by atoms with Crippen molar-refractivity contribution in [3.63, 3.8) is 0 Å². The largest absolute Gasteiger partial charge is 0.478 e. The van der Waals surface area contributed by atoms with E-state index in [9.17, 15) is 14.7 Å². The molecule has 1 aliphatic heterocycles. The Morgan fingerprint density at radius 1 is 1.18 bits per heavy atom. The van der Waals surface area contributed by atoms with Gasteiger partial charge in [-0.1, -0.05) is 0 Å². The predicted molar refractivity (Wildman–Crippen MR) is 79.5 cm³/mol. The number of carbonyl (C=O) groups is 2. The van der Waals surface area contributed by atoms with Crippen LogP contribution in [-0.4, -0.2) is 43.7 Å². The minimum atomic E-state index is -1.03. The van der Waals surface area contributed by atoms with Gasteiger partial charge in [-0.05, 0) is 30.3 Å². The smallest absolute Gasteiger partial charge is 0.336 e. The molecule has 0 atom stereocenters. The third-order valence-electron chi connectivity index (χ3n) is 3.62. The number of benzene rings is 1. The molecule has 0 spiro atoms. The van der Waals surface area contributed by atoms with Crippen molar-refractivity contribution < 1.29 is 23.8 Å². The maximum atomic E-state index is 11.4. The molecule has 114 valence electrons. The quantitative estimate of drug-likeness (QED) is 0.873. The fourth-order valence-corrected chi connectivity index (χ4v) is 2.50. The molecule has 1 fully saturated rings. The first-order valence-corrected chi connectivity index (χ1v) is 6.94. The highest BCUT2D eigenvalue weighted by molar-refractivity contribution is 5.96.